The summed E-state index contributed by atoms with van der Waals surface area (Å²) in [6.45, 7) is 5.71. The zero-order chi connectivity index (χ0) is 15.7. The van der Waals surface area contributed by atoms with E-state index in [-0.39, 0.29) is 12.7 Å². The van der Waals surface area contributed by atoms with Gasteiger partial charge in [-0.05, 0) is 32.0 Å². The smallest absolute Gasteiger partial charge is 0.236 e. The maximum atomic E-state index is 10.9. The summed E-state index contributed by atoms with van der Waals surface area (Å²) in [6.07, 6.45) is 1.65. The van der Waals surface area contributed by atoms with E-state index in [0.717, 1.165) is 34.1 Å². The Morgan fingerprint density at radius 2 is 2.05 bits per heavy atom. The maximum absolute atomic E-state index is 10.9. The summed E-state index contributed by atoms with van der Waals surface area (Å²) < 4.78 is 12.9. The number of benzene rings is 1. The van der Waals surface area contributed by atoms with E-state index in [1.165, 1.54) is 6.92 Å². The van der Waals surface area contributed by atoms with E-state index < -0.39 is 0 Å². The van der Waals surface area contributed by atoms with Crippen LogP contribution in [0.1, 0.15) is 23.9 Å². The lowest BCUT2D eigenvalue weighted by Gasteiger charge is -2.10. The lowest BCUT2D eigenvalue weighted by Crippen LogP contribution is -2.12. The second-order valence-electron chi connectivity index (χ2n) is 5.13. The number of hydrazone groups is 1. The molecule has 0 saturated heterocycles. The van der Waals surface area contributed by atoms with Crippen molar-refractivity contribution in [3.8, 4) is 17.2 Å². The van der Waals surface area contributed by atoms with Gasteiger partial charge in [-0.2, -0.15) is 5.10 Å². The molecule has 22 heavy (non-hydrogen) atoms. The van der Waals surface area contributed by atoms with Crippen molar-refractivity contribution in [3.63, 3.8) is 0 Å². The van der Waals surface area contributed by atoms with E-state index in [9.17, 15) is 4.79 Å². The number of hydrogen-bond donors (Lipinski definition) is 1. The SMILES string of the molecule is CC(=O)N/N=C/c1cc(C)n(-c2ccc3c(c2)OCO3)c1C. The first kappa shape index (κ1) is 14.2. The van der Waals surface area contributed by atoms with Crippen molar-refractivity contribution >= 4 is 12.1 Å². The van der Waals surface area contributed by atoms with Crippen molar-refractivity contribution in [2.75, 3.05) is 6.79 Å². The minimum absolute atomic E-state index is 0.194. The molecule has 1 aromatic carbocycles. The summed E-state index contributed by atoms with van der Waals surface area (Å²) in [6, 6.07) is 7.87. The van der Waals surface area contributed by atoms with Gasteiger partial charge in [-0.3, -0.25) is 4.79 Å². The van der Waals surface area contributed by atoms with Gasteiger partial charge in [-0.25, -0.2) is 5.43 Å². The Morgan fingerprint density at radius 3 is 2.82 bits per heavy atom. The van der Waals surface area contributed by atoms with Crippen LogP contribution in [0.25, 0.3) is 5.69 Å². The number of carbonyl (C=O) groups excluding carboxylic acids is 1. The molecule has 2 heterocycles. The molecular formula is C16H17N3O3. The molecule has 0 atom stereocenters. The first-order chi connectivity index (χ1) is 10.6. The Morgan fingerprint density at radius 1 is 1.27 bits per heavy atom. The number of amides is 1. The van der Waals surface area contributed by atoms with Crippen molar-refractivity contribution < 1.29 is 14.3 Å². The molecule has 0 fully saturated rings. The summed E-state index contributed by atoms with van der Waals surface area (Å²) in [7, 11) is 0. The van der Waals surface area contributed by atoms with Gasteiger partial charge in [0.2, 0.25) is 12.7 Å². The number of rotatable bonds is 3. The van der Waals surface area contributed by atoms with E-state index in [1.54, 1.807) is 6.21 Å². The Hall–Kier alpha value is -2.76. The molecule has 0 aliphatic carbocycles. The van der Waals surface area contributed by atoms with Gasteiger partial charge in [0.15, 0.2) is 11.5 Å². The summed E-state index contributed by atoms with van der Waals surface area (Å²) in [5, 5.41) is 3.93. The number of nitrogens with one attached hydrogen (secondary N) is 1. The zero-order valence-electron chi connectivity index (χ0n) is 12.7. The third-order valence-electron chi connectivity index (χ3n) is 3.51. The molecular weight excluding hydrogens is 282 g/mol. The summed E-state index contributed by atoms with van der Waals surface area (Å²) in [4.78, 5) is 10.9. The summed E-state index contributed by atoms with van der Waals surface area (Å²) >= 11 is 0. The largest absolute Gasteiger partial charge is 0.454 e. The third kappa shape index (κ3) is 2.55. The van der Waals surface area contributed by atoms with Crippen LogP contribution in [0.4, 0.5) is 0 Å². The highest BCUT2D eigenvalue weighted by molar-refractivity contribution is 5.83. The molecule has 1 aliphatic rings. The maximum Gasteiger partial charge on any atom is 0.236 e. The average Bonchev–Trinajstić information content (AvgIpc) is 3.03. The molecule has 2 aromatic rings. The molecule has 0 bridgehead atoms. The first-order valence-corrected chi connectivity index (χ1v) is 6.95. The highest BCUT2D eigenvalue weighted by atomic mass is 16.7. The van der Waals surface area contributed by atoms with E-state index in [1.807, 2.05) is 38.1 Å². The van der Waals surface area contributed by atoms with Gasteiger partial charge >= 0.3 is 0 Å². The van der Waals surface area contributed by atoms with Crippen LogP contribution in [0, 0.1) is 13.8 Å². The highest BCUT2D eigenvalue weighted by Gasteiger charge is 2.16. The Labute approximate surface area is 128 Å². The number of carbonyl (C=O) groups is 1. The fourth-order valence-electron chi connectivity index (χ4n) is 2.53. The summed E-state index contributed by atoms with van der Waals surface area (Å²) in [5.41, 5.74) is 6.46. The van der Waals surface area contributed by atoms with Crippen molar-refractivity contribution in [1.29, 1.82) is 0 Å². The Balaban J connectivity index is 1.96. The molecule has 0 radical (unpaired) electrons. The fourth-order valence-corrected chi connectivity index (χ4v) is 2.53. The lowest BCUT2D eigenvalue weighted by atomic mass is 10.2. The van der Waals surface area contributed by atoms with Crippen molar-refractivity contribution in [3.05, 3.63) is 41.2 Å². The number of nitrogens with zero attached hydrogens (tertiary/aromatic N) is 2. The van der Waals surface area contributed by atoms with Crippen molar-refractivity contribution in [2.45, 2.75) is 20.8 Å². The molecule has 114 valence electrons. The minimum Gasteiger partial charge on any atom is -0.454 e. The van der Waals surface area contributed by atoms with Gasteiger partial charge in [-0.15, -0.1) is 0 Å². The second-order valence-corrected chi connectivity index (χ2v) is 5.13. The van der Waals surface area contributed by atoms with Crippen molar-refractivity contribution in [2.24, 2.45) is 5.10 Å². The predicted octanol–water partition coefficient (Wildman–Crippen LogP) is 2.29. The van der Waals surface area contributed by atoms with Crippen LogP contribution in [0.15, 0.2) is 29.4 Å². The molecule has 1 aromatic heterocycles. The lowest BCUT2D eigenvalue weighted by molar-refractivity contribution is -0.118. The number of aromatic nitrogens is 1. The Bertz CT molecular complexity index is 762. The van der Waals surface area contributed by atoms with Gasteiger partial charge in [-0.1, -0.05) is 0 Å². The van der Waals surface area contributed by atoms with Crippen LogP contribution in [-0.2, 0) is 4.79 Å². The molecule has 1 N–H and O–H groups in total. The van der Waals surface area contributed by atoms with Crippen LogP contribution < -0.4 is 14.9 Å². The van der Waals surface area contributed by atoms with E-state index >= 15 is 0 Å². The average molecular weight is 299 g/mol. The van der Waals surface area contributed by atoms with Crippen molar-refractivity contribution in [1.82, 2.24) is 9.99 Å². The first-order valence-electron chi connectivity index (χ1n) is 6.95. The van der Waals surface area contributed by atoms with Crippen LogP contribution in [-0.4, -0.2) is 23.5 Å². The predicted molar refractivity (Wildman–Crippen MR) is 82.8 cm³/mol. The molecule has 6 heteroatoms. The van der Waals surface area contributed by atoms with Crippen LogP contribution >= 0.6 is 0 Å². The number of fused-ring (bicyclic) bond motifs is 1. The van der Waals surface area contributed by atoms with E-state index in [4.69, 9.17) is 9.47 Å². The normalized spacial score (nSPS) is 12.9. The highest BCUT2D eigenvalue weighted by Crippen LogP contribution is 2.34. The van der Waals surface area contributed by atoms with Gasteiger partial charge in [0.25, 0.3) is 0 Å². The second kappa shape index (κ2) is 5.55. The van der Waals surface area contributed by atoms with Gasteiger partial charge in [0.05, 0.1) is 6.21 Å². The molecule has 6 nitrogen and oxygen atoms in total. The molecule has 0 unspecified atom stereocenters. The van der Waals surface area contributed by atoms with E-state index in [0.29, 0.717) is 0 Å². The number of aryl methyl sites for hydroxylation is 1. The number of ether oxygens (including phenoxy) is 2. The van der Waals surface area contributed by atoms with Crippen LogP contribution in [0.3, 0.4) is 0 Å². The monoisotopic (exact) mass is 299 g/mol. The zero-order valence-corrected chi connectivity index (χ0v) is 12.7. The Kier molecular flexibility index (Phi) is 3.58. The third-order valence-corrected chi connectivity index (χ3v) is 3.51. The standard InChI is InChI=1S/C16H17N3O3/c1-10-6-13(8-17-18-12(3)20)11(2)19(10)14-4-5-15-16(7-14)22-9-21-15/h4-8H,9H2,1-3H3,(H,18,20)/b17-8+. The molecule has 0 spiro atoms. The van der Waals surface area contributed by atoms with Crippen LogP contribution in [0.2, 0.25) is 0 Å². The molecule has 1 aliphatic heterocycles. The summed E-state index contributed by atoms with van der Waals surface area (Å²) in [5.74, 6) is 1.32. The van der Waals surface area contributed by atoms with Gasteiger partial charge in [0, 0.05) is 35.6 Å². The number of hydrogen-bond acceptors (Lipinski definition) is 4. The minimum atomic E-state index is -0.194. The molecule has 3 rings (SSSR count). The fraction of sp³-hybridized carbons (Fsp3) is 0.250. The van der Waals surface area contributed by atoms with E-state index in [2.05, 4.69) is 15.1 Å². The molecule has 0 saturated carbocycles. The van der Waals surface area contributed by atoms with Gasteiger partial charge < -0.3 is 14.0 Å². The topological polar surface area (TPSA) is 64.9 Å². The quantitative estimate of drug-likeness (QED) is 0.698. The molecule has 1 amide bonds. The van der Waals surface area contributed by atoms with Gasteiger partial charge in [0.1, 0.15) is 0 Å². The van der Waals surface area contributed by atoms with Crippen LogP contribution in [0.5, 0.6) is 11.5 Å².